The minimum Gasteiger partial charge on any atom is -0.478 e. The molecule has 3 aromatic carbocycles. The van der Waals surface area contributed by atoms with Gasteiger partial charge < -0.3 is 5.11 Å². The van der Waals surface area contributed by atoms with E-state index in [1.807, 2.05) is 0 Å². The molecule has 0 spiro atoms. The number of carbonyl (C=O) groups is 3. The molecule has 0 amide bonds. The van der Waals surface area contributed by atoms with Crippen molar-refractivity contribution in [2.45, 2.75) is 31.1 Å². The minimum absolute atomic E-state index is 0.157. The summed E-state index contributed by atoms with van der Waals surface area (Å²) in [4.78, 5) is 37.2. The molecule has 0 saturated carbocycles. The van der Waals surface area contributed by atoms with Gasteiger partial charge in [0.1, 0.15) is 0 Å². The predicted octanol–water partition coefficient (Wildman–Crippen LogP) is 7.05. The van der Waals surface area contributed by atoms with Crippen molar-refractivity contribution in [1.29, 1.82) is 0 Å². The summed E-state index contributed by atoms with van der Waals surface area (Å²) in [7, 11) is 0. The molecule has 0 fully saturated rings. The Morgan fingerprint density at radius 2 is 1.06 bits per heavy atom. The lowest BCUT2D eigenvalue weighted by Gasteiger charge is -2.18. The van der Waals surface area contributed by atoms with Gasteiger partial charge in [0.2, 0.25) is 0 Å². The molecular formula is C26H18F6O4. The number of hydrogen-bond donors (Lipinski definition) is 1. The number of rotatable bonds is 8. The van der Waals surface area contributed by atoms with Crippen LogP contribution in [0.1, 0.15) is 66.5 Å². The molecule has 3 aromatic rings. The van der Waals surface area contributed by atoms with E-state index in [4.69, 9.17) is 0 Å². The van der Waals surface area contributed by atoms with Gasteiger partial charge in [0.15, 0.2) is 11.6 Å². The van der Waals surface area contributed by atoms with E-state index >= 15 is 0 Å². The fourth-order valence-corrected chi connectivity index (χ4v) is 3.65. The van der Waals surface area contributed by atoms with Gasteiger partial charge >= 0.3 is 18.3 Å². The Morgan fingerprint density at radius 3 is 1.47 bits per heavy atom. The van der Waals surface area contributed by atoms with Crippen molar-refractivity contribution in [3.63, 3.8) is 0 Å². The first-order valence-electron chi connectivity index (χ1n) is 10.5. The number of hydrogen-bond acceptors (Lipinski definition) is 3. The highest BCUT2D eigenvalue weighted by atomic mass is 19.4. The molecule has 0 saturated heterocycles. The van der Waals surface area contributed by atoms with Crippen molar-refractivity contribution in [3.8, 4) is 0 Å². The summed E-state index contributed by atoms with van der Waals surface area (Å²) < 4.78 is 78.4. The number of Topliss-reactive ketones (excluding diaryl/α,β-unsaturated/α-hetero) is 2. The van der Waals surface area contributed by atoms with Crippen molar-refractivity contribution < 1.29 is 45.8 Å². The molecule has 0 unspecified atom stereocenters. The van der Waals surface area contributed by atoms with Crippen molar-refractivity contribution in [1.82, 2.24) is 0 Å². The van der Waals surface area contributed by atoms with Crippen LogP contribution in [0.5, 0.6) is 0 Å². The van der Waals surface area contributed by atoms with Crippen LogP contribution in [-0.4, -0.2) is 22.6 Å². The summed E-state index contributed by atoms with van der Waals surface area (Å²) in [5, 5.41) is 9.28. The molecule has 0 aliphatic heterocycles. The Kier molecular flexibility index (Phi) is 7.66. The Bertz CT molecular complexity index is 1220. The molecule has 36 heavy (non-hydrogen) atoms. The van der Waals surface area contributed by atoms with Crippen molar-refractivity contribution in [2.24, 2.45) is 0 Å². The van der Waals surface area contributed by atoms with Gasteiger partial charge in [-0.1, -0.05) is 36.4 Å². The van der Waals surface area contributed by atoms with Gasteiger partial charge in [-0.3, -0.25) is 9.59 Å². The van der Waals surface area contributed by atoms with Crippen LogP contribution in [0.15, 0.2) is 72.8 Å². The van der Waals surface area contributed by atoms with Gasteiger partial charge in [0, 0.05) is 24.0 Å². The van der Waals surface area contributed by atoms with Crippen molar-refractivity contribution in [3.05, 3.63) is 106 Å². The highest BCUT2D eigenvalue weighted by Crippen LogP contribution is 2.33. The minimum atomic E-state index is -4.69. The number of carboxylic acids is 1. The molecule has 4 nitrogen and oxygen atoms in total. The fourth-order valence-electron chi connectivity index (χ4n) is 3.65. The highest BCUT2D eigenvalue weighted by molar-refractivity contribution is 5.99. The second kappa shape index (κ2) is 10.3. The van der Waals surface area contributed by atoms with E-state index in [9.17, 15) is 45.8 Å². The molecule has 0 aromatic heterocycles. The monoisotopic (exact) mass is 508 g/mol. The average molecular weight is 508 g/mol. The predicted molar refractivity (Wildman–Crippen MR) is 117 cm³/mol. The van der Waals surface area contributed by atoms with Crippen LogP contribution in [0.3, 0.4) is 0 Å². The molecular weight excluding hydrogens is 490 g/mol. The maximum absolute atomic E-state index is 13.1. The topological polar surface area (TPSA) is 71.4 Å². The third-order valence-corrected chi connectivity index (χ3v) is 5.49. The number of aromatic carboxylic acids is 1. The van der Waals surface area contributed by atoms with E-state index in [-0.39, 0.29) is 22.3 Å². The summed E-state index contributed by atoms with van der Waals surface area (Å²) in [6, 6.07) is 12.7. The highest BCUT2D eigenvalue weighted by Gasteiger charge is 2.32. The average Bonchev–Trinajstić information content (AvgIpc) is 2.82. The van der Waals surface area contributed by atoms with Crippen LogP contribution in [-0.2, 0) is 12.4 Å². The first-order chi connectivity index (χ1) is 16.8. The summed E-state index contributed by atoms with van der Waals surface area (Å²) >= 11 is 0. The number of halogens is 6. The van der Waals surface area contributed by atoms with Crippen LogP contribution < -0.4 is 0 Å². The smallest absolute Gasteiger partial charge is 0.416 e. The largest absolute Gasteiger partial charge is 0.478 e. The molecule has 0 bridgehead atoms. The molecule has 0 atom stereocenters. The van der Waals surface area contributed by atoms with Crippen LogP contribution in [0.4, 0.5) is 26.3 Å². The molecule has 1 N–H and O–H groups in total. The van der Waals surface area contributed by atoms with Crippen LogP contribution in [0, 0.1) is 0 Å². The summed E-state index contributed by atoms with van der Waals surface area (Å²) in [5.41, 5.74) is -2.55. The van der Waals surface area contributed by atoms with Crippen LogP contribution in [0.2, 0.25) is 0 Å². The quantitative estimate of drug-likeness (QED) is 0.261. The zero-order chi connectivity index (χ0) is 26.7. The molecule has 3 rings (SSSR count). The second-order valence-corrected chi connectivity index (χ2v) is 8.04. The first kappa shape index (κ1) is 26.7. The Hall–Kier alpha value is -3.95. The normalized spacial score (nSPS) is 12.0. The lowest BCUT2D eigenvalue weighted by Crippen LogP contribution is -2.15. The number of benzene rings is 3. The van der Waals surface area contributed by atoms with E-state index in [1.165, 1.54) is 36.4 Å². The number of carbonyl (C=O) groups excluding carboxylic acids is 2. The Morgan fingerprint density at radius 1 is 0.639 bits per heavy atom. The van der Waals surface area contributed by atoms with E-state index in [1.54, 1.807) is 0 Å². The summed E-state index contributed by atoms with van der Waals surface area (Å²) in [6.45, 7) is 0. The van der Waals surface area contributed by atoms with Gasteiger partial charge in [0.05, 0.1) is 16.7 Å². The lowest BCUT2D eigenvalue weighted by molar-refractivity contribution is -0.138. The van der Waals surface area contributed by atoms with Crippen LogP contribution in [0.25, 0.3) is 0 Å². The van der Waals surface area contributed by atoms with E-state index in [0.29, 0.717) is 12.1 Å². The Balaban J connectivity index is 1.95. The maximum atomic E-state index is 13.1. The van der Waals surface area contributed by atoms with Crippen LogP contribution >= 0.6 is 0 Å². The molecule has 188 valence electrons. The van der Waals surface area contributed by atoms with Gasteiger partial charge in [-0.25, -0.2) is 4.79 Å². The Labute approximate surface area is 201 Å². The molecule has 0 aliphatic carbocycles. The van der Waals surface area contributed by atoms with Gasteiger partial charge in [0.25, 0.3) is 0 Å². The van der Waals surface area contributed by atoms with E-state index in [0.717, 1.165) is 24.3 Å². The maximum Gasteiger partial charge on any atom is 0.416 e. The zero-order valence-electron chi connectivity index (χ0n) is 18.4. The van der Waals surface area contributed by atoms with E-state index < -0.39 is 59.8 Å². The number of alkyl halides is 6. The molecule has 10 heteroatoms. The van der Waals surface area contributed by atoms with Crippen molar-refractivity contribution >= 4 is 17.5 Å². The van der Waals surface area contributed by atoms with Crippen molar-refractivity contribution in [2.75, 3.05) is 0 Å². The SMILES string of the molecule is O=C(O)c1cccc(C(CC(=O)c2cccc(C(F)(F)F)c2)CC(=O)c2cccc(C(F)(F)F)c2)c1. The van der Waals surface area contributed by atoms with E-state index in [2.05, 4.69) is 0 Å². The van der Waals surface area contributed by atoms with Gasteiger partial charge in [-0.2, -0.15) is 26.3 Å². The summed E-state index contributed by atoms with van der Waals surface area (Å²) in [5.74, 6) is -3.79. The van der Waals surface area contributed by atoms with Gasteiger partial charge in [-0.05, 0) is 47.9 Å². The third-order valence-electron chi connectivity index (χ3n) is 5.49. The molecule has 0 heterocycles. The zero-order valence-corrected chi connectivity index (χ0v) is 18.4. The number of ketones is 2. The van der Waals surface area contributed by atoms with Gasteiger partial charge in [-0.15, -0.1) is 0 Å². The fraction of sp³-hybridized carbons (Fsp3) is 0.192. The third kappa shape index (κ3) is 6.59. The summed E-state index contributed by atoms with van der Waals surface area (Å²) in [6.07, 6.45) is -10.3. The molecule has 0 radical (unpaired) electrons. The lowest BCUT2D eigenvalue weighted by atomic mass is 9.85. The molecule has 0 aliphatic rings. The first-order valence-corrected chi connectivity index (χ1v) is 10.5. The number of carboxylic acid groups (broad SMARTS) is 1. The standard InChI is InChI=1S/C26H18F6O4/c27-25(28,29)20-8-2-5-16(11-20)22(33)13-19(15-4-1-7-18(10-15)24(35)36)14-23(34)17-6-3-9-21(12-17)26(30,31)32/h1-12,19H,13-14H2,(H,35,36). The second-order valence-electron chi connectivity index (χ2n) is 8.04.